The Balaban J connectivity index is 1.50. The molecule has 4 aliphatic heterocycles. The van der Waals surface area contributed by atoms with Gasteiger partial charge in [-0.2, -0.15) is 5.10 Å². The zero-order valence-electron chi connectivity index (χ0n) is 12.4. The van der Waals surface area contributed by atoms with Crippen LogP contribution in [0.25, 0.3) is 0 Å². The highest BCUT2D eigenvalue weighted by Crippen LogP contribution is 2.28. The Morgan fingerprint density at radius 3 is 3.15 bits per heavy atom. The Kier molecular flexibility index (Phi) is 3.28. The topological polar surface area (TPSA) is 36.3 Å². The molecule has 0 radical (unpaired) electrons. The van der Waals surface area contributed by atoms with Gasteiger partial charge in [0.1, 0.15) is 0 Å². The number of nitrogens with zero attached hydrogens (tertiary/aromatic N) is 4. The summed E-state index contributed by atoms with van der Waals surface area (Å²) in [6.07, 6.45) is 2.78. The van der Waals surface area contributed by atoms with Gasteiger partial charge >= 0.3 is 0 Å². The van der Waals surface area contributed by atoms with E-state index >= 15 is 0 Å². The van der Waals surface area contributed by atoms with Gasteiger partial charge in [0.05, 0.1) is 17.9 Å². The van der Waals surface area contributed by atoms with E-state index in [9.17, 15) is 0 Å². The molecule has 5 rings (SSSR count). The first-order valence-electron chi connectivity index (χ1n) is 7.97. The summed E-state index contributed by atoms with van der Waals surface area (Å²) in [5, 5.41) is 8.22. The van der Waals surface area contributed by atoms with Gasteiger partial charge in [-0.05, 0) is 31.9 Å². The summed E-state index contributed by atoms with van der Waals surface area (Å²) in [5.74, 6) is 0.859. The van der Waals surface area contributed by atoms with Crippen LogP contribution in [0.4, 0.5) is 0 Å². The van der Waals surface area contributed by atoms with Crippen LogP contribution in [-0.2, 0) is 19.6 Å². The minimum absolute atomic E-state index is 0.732. The fourth-order valence-electron chi connectivity index (χ4n) is 4.14. The van der Waals surface area contributed by atoms with Crippen molar-refractivity contribution in [1.82, 2.24) is 24.9 Å². The van der Waals surface area contributed by atoms with Crippen molar-refractivity contribution < 1.29 is 0 Å². The zero-order chi connectivity index (χ0) is 13.5. The third-order valence-electron chi connectivity index (χ3n) is 5.10. The lowest BCUT2D eigenvalue weighted by Crippen LogP contribution is -2.43. The summed E-state index contributed by atoms with van der Waals surface area (Å²) in [4.78, 5) is 5.20. The van der Waals surface area contributed by atoms with Gasteiger partial charge in [0.2, 0.25) is 0 Å². The molecular weight excluding hydrogens is 250 g/mol. The van der Waals surface area contributed by atoms with Gasteiger partial charge in [0.25, 0.3) is 0 Å². The molecule has 4 aliphatic rings. The molecule has 0 spiro atoms. The Hall–Kier alpha value is -0.910. The highest BCUT2D eigenvalue weighted by atomic mass is 15.3. The first kappa shape index (κ1) is 12.8. The van der Waals surface area contributed by atoms with Crippen molar-refractivity contribution in [2.24, 2.45) is 5.92 Å². The number of hydrogen-bond acceptors (Lipinski definition) is 4. The molecule has 1 aromatic rings. The van der Waals surface area contributed by atoms with Gasteiger partial charge in [0, 0.05) is 45.3 Å². The summed E-state index contributed by atoms with van der Waals surface area (Å²) < 4.78 is 2.19. The first-order valence-corrected chi connectivity index (χ1v) is 7.97. The molecule has 1 N–H and O–H groups in total. The lowest BCUT2D eigenvalue weighted by Gasteiger charge is -2.35. The largest absolute Gasteiger partial charge is 0.309 e. The predicted octanol–water partition coefficient (Wildman–Crippen LogP) is 0.512. The lowest BCUT2D eigenvalue weighted by atomic mass is 9.95. The van der Waals surface area contributed by atoms with Gasteiger partial charge in [-0.15, -0.1) is 0 Å². The number of rotatable bonds is 2. The number of fused-ring (bicyclic) bond motifs is 5. The van der Waals surface area contributed by atoms with Crippen LogP contribution in [0.2, 0.25) is 0 Å². The second-order valence-electron chi connectivity index (χ2n) is 6.77. The van der Waals surface area contributed by atoms with Gasteiger partial charge in [-0.25, -0.2) is 0 Å². The minimum Gasteiger partial charge on any atom is -0.309 e. The monoisotopic (exact) mass is 275 g/mol. The molecule has 0 aromatic carbocycles. The van der Waals surface area contributed by atoms with Crippen molar-refractivity contribution >= 4 is 0 Å². The number of nitrogens with one attached hydrogen (secondary N) is 1. The maximum Gasteiger partial charge on any atom is 0.0768 e. The SMILES string of the molecule is CN1C[C@@H]2CC[C@H](C1)N(Cc1cc3n(n1)CCNC3)C2. The Morgan fingerprint density at radius 2 is 2.25 bits per heavy atom. The van der Waals surface area contributed by atoms with Crippen LogP contribution in [0, 0.1) is 5.92 Å². The highest BCUT2D eigenvalue weighted by Gasteiger charge is 2.33. The van der Waals surface area contributed by atoms with Crippen LogP contribution < -0.4 is 5.32 Å². The van der Waals surface area contributed by atoms with E-state index in [1.807, 2.05) is 0 Å². The van der Waals surface area contributed by atoms with Crippen LogP contribution in [0.5, 0.6) is 0 Å². The Morgan fingerprint density at radius 1 is 1.30 bits per heavy atom. The van der Waals surface area contributed by atoms with E-state index in [-0.39, 0.29) is 0 Å². The second-order valence-corrected chi connectivity index (χ2v) is 6.77. The van der Waals surface area contributed by atoms with Crippen LogP contribution in [-0.4, -0.2) is 58.8 Å². The van der Waals surface area contributed by atoms with Crippen molar-refractivity contribution in [3.63, 3.8) is 0 Å². The second kappa shape index (κ2) is 5.13. The maximum atomic E-state index is 4.80. The van der Waals surface area contributed by atoms with Gasteiger partial charge < -0.3 is 10.2 Å². The summed E-state index contributed by atoms with van der Waals surface area (Å²) in [6.45, 7) is 7.84. The molecule has 110 valence electrons. The minimum atomic E-state index is 0.732. The molecule has 5 heteroatoms. The summed E-state index contributed by atoms with van der Waals surface area (Å²) in [6, 6.07) is 3.03. The van der Waals surface area contributed by atoms with E-state index in [2.05, 4.69) is 32.9 Å². The summed E-state index contributed by atoms with van der Waals surface area (Å²) in [7, 11) is 2.27. The maximum absolute atomic E-state index is 4.80. The first-order chi connectivity index (χ1) is 9.78. The molecule has 0 saturated carbocycles. The van der Waals surface area contributed by atoms with E-state index in [0.717, 1.165) is 38.1 Å². The third-order valence-corrected chi connectivity index (χ3v) is 5.10. The molecule has 0 aliphatic carbocycles. The fraction of sp³-hybridized carbons (Fsp3) is 0.800. The molecule has 5 heterocycles. The van der Waals surface area contributed by atoms with Crippen LogP contribution in [0.1, 0.15) is 24.2 Å². The quantitative estimate of drug-likeness (QED) is 0.853. The molecule has 3 fully saturated rings. The van der Waals surface area contributed by atoms with E-state index in [1.54, 1.807) is 0 Å². The molecule has 20 heavy (non-hydrogen) atoms. The third kappa shape index (κ3) is 2.38. The van der Waals surface area contributed by atoms with Crippen molar-refractivity contribution in [3.05, 3.63) is 17.5 Å². The van der Waals surface area contributed by atoms with E-state index in [4.69, 9.17) is 5.10 Å². The van der Waals surface area contributed by atoms with Crippen molar-refractivity contribution in [2.45, 2.75) is 38.5 Å². The van der Waals surface area contributed by atoms with Gasteiger partial charge in [0.15, 0.2) is 0 Å². The van der Waals surface area contributed by atoms with Crippen molar-refractivity contribution in [1.29, 1.82) is 0 Å². The van der Waals surface area contributed by atoms with Crippen LogP contribution in [0.15, 0.2) is 6.07 Å². The van der Waals surface area contributed by atoms with Crippen LogP contribution >= 0.6 is 0 Å². The molecule has 2 atom stereocenters. The zero-order valence-corrected chi connectivity index (χ0v) is 12.4. The number of hydrogen-bond donors (Lipinski definition) is 1. The lowest BCUT2D eigenvalue weighted by molar-refractivity contribution is 0.122. The van der Waals surface area contributed by atoms with Crippen molar-refractivity contribution in [2.75, 3.05) is 33.2 Å². The molecule has 3 saturated heterocycles. The van der Waals surface area contributed by atoms with E-state index in [0.29, 0.717) is 0 Å². The van der Waals surface area contributed by atoms with Crippen LogP contribution in [0.3, 0.4) is 0 Å². The van der Waals surface area contributed by atoms with Gasteiger partial charge in [-0.3, -0.25) is 9.58 Å². The average molecular weight is 275 g/mol. The predicted molar refractivity (Wildman–Crippen MR) is 78.4 cm³/mol. The molecular formula is C15H25N5. The molecule has 0 unspecified atom stereocenters. The average Bonchev–Trinajstić information content (AvgIpc) is 2.66. The standard InChI is InChI=1S/C15H25N5/c1-18-8-12-2-3-14(11-18)19(9-12)10-13-6-15-7-16-4-5-20(15)17-13/h6,12,14,16H,2-5,7-11H2,1H3/t12-,14+/m0/s1. The normalized spacial score (nSPS) is 31.2. The summed E-state index contributed by atoms with van der Waals surface area (Å²) in [5.41, 5.74) is 2.61. The van der Waals surface area contributed by atoms with Gasteiger partial charge in [-0.1, -0.05) is 0 Å². The highest BCUT2D eigenvalue weighted by molar-refractivity contribution is 5.12. The smallest absolute Gasteiger partial charge is 0.0768 e. The molecule has 5 nitrogen and oxygen atoms in total. The fourth-order valence-corrected chi connectivity index (χ4v) is 4.14. The Labute approximate surface area is 120 Å². The number of piperidine rings is 1. The molecule has 1 aromatic heterocycles. The Bertz CT molecular complexity index is 459. The summed E-state index contributed by atoms with van der Waals surface area (Å²) >= 11 is 0. The van der Waals surface area contributed by atoms with E-state index in [1.165, 1.54) is 43.9 Å². The van der Waals surface area contributed by atoms with E-state index < -0.39 is 0 Å². The molecule has 0 amide bonds. The van der Waals surface area contributed by atoms with Crippen molar-refractivity contribution in [3.8, 4) is 0 Å². The molecule has 2 bridgehead atoms. The number of aromatic nitrogens is 2. The number of likely N-dealkylation sites (N-methyl/N-ethyl adjacent to an activating group) is 1.